The van der Waals surface area contributed by atoms with Crippen molar-refractivity contribution < 1.29 is 4.79 Å². The van der Waals surface area contributed by atoms with E-state index in [1.807, 2.05) is 6.92 Å². The quantitative estimate of drug-likeness (QED) is 0.838. The van der Waals surface area contributed by atoms with Crippen LogP contribution in [0.2, 0.25) is 5.02 Å². The summed E-state index contributed by atoms with van der Waals surface area (Å²) >= 11 is 5.91. The molecule has 1 aromatic carbocycles. The predicted octanol–water partition coefficient (Wildman–Crippen LogP) is 2.73. The van der Waals surface area contributed by atoms with E-state index in [9.17, 15) is 4.79 Å². The van der Waals surface area contributed by atoms with Crippen LogP contribution < -0.4 is 11.1 Å². The van der Waals surface area contributed by atoms with Gasteiger partial charge in [-0.2, -0.15) is 0 Å². The second-order valence-electron chi connectivity index (χ2n) is 5.13. The van der Waals surface area contributed by atoms with Crippen LogP contribution >= 0.6 is 11.6 Å². The Morgan fingerprint density at radius 2 is 2.32 bits per heavy atom. The van der Waals surface area contributed by atoms with E-state index in [4.69, 9.17) is 17.3 Å². The molecule has 1 heterocycles. The van der Waals surface area contributed by atoms with Crippen molar-refractivity contribution in [1.82, 2.24) is 4.90 Å². The zero-order valence-electron chi connectivity index (χ0n) is 11.3. The molecule has 1 aliphatic heterocycles. The number of hydrogen-bond donors (Lipinski definition) is 2. The lowest BCUT2D eigenvalue weighted by Gasteiger charge is -2.27. The topological polar surface area (TPSA) is 58.4 Å². The number of halogens is 1. The van der Waals surface area contributed by atoms with Gasteiger partial charge in [-0.25, -0.2) is 0 Å². The van der Waals surface area contributed by atoms with Crippen LogP contribution in [0.5, 0.6) is 0 Å². The maximum Gasteiger partial charge on any atom is 0.241 e. The number of benzene rings is 1. The van der Waals surface area contributed by atoms with Gasteiger partial charge in [-0.1, -0.05) is 11.6 Å². The molecular formula is C14H20ClN3O. The molecule has 0 aliphatic carbocycles. The van der Waals surface area contributed by atoms with Gasteiger partial charge < -0.3 is 11.1 Å². The fraction of sp³-hybridized carbons (Fsp3) is 0.500. The molecule has 0 aromatic heterocycles. The highest BCUT2D eigenvalue weighted by Crippen LogP contribution is 2.24. The van der Waals surface area contributed by atoms with Crippen LogP contribution in [0.15, 0.2) is 18.2 Å². The lowest BCUT2D eigenvalue weighted by atomic mass is 10.2. The van der Waals surface area contributed by atoms with Gasteiger partial charge in [-0.05, 0) is 51.4 Å². The molecule has 2 rings (SSSR count). The first-order valence-electron chi connectivity index (χ1n) is 6.60. The number of rotatable bonds is 3. The number of amides is 1. The molecular weight excluding hydrogens is 262 g/mol. The highest BCUT2D eigenvalue weighted by Gasteiger charge is 2.29. The Kier molecular flexibility index (Phi) is 4.32. The van der Waals surface area contributed by atoms with Crippen LogP contribution in [-0.4, -0.2) is 29.4 Å². The lowest BCUT2D eigenvalue weighted by Crippen LogP contribution is -2.43. The van der Waals surface area contributed by atoms with Gasteiger partial charge in [-0.15, -0.1) is 0 Å². The predicted molar refractivity (Wildman–Crippen MR) is 79.4 cm³/mol. The van der Waals surface area contributed by atoms with E-state index < -0.39 is 0 Å². The van der Waals surface area contributed by atoms with Gasteiger partial charge in [0.25, 0.3) is 0 Å². The van der Waals surface area contributed by atoms with Gasteiger partial charge in [0.15, 0.2) is 0 Å². The number of hydrogen-bond acceptors (Lipinski definition) is 3. The molecule has 0 spiro atoms. The third-order valence-corrected chi connectivity index (χ3v) is 3.99. The molecule has 2 atom stereocenters. The molecule has 1 amide bonds. The Labute approximate surface area is 118 Å². The summed E-state index contributed by atoms with van der Waals surface area (Å²) in [6.45, 7) is 5.06. The largest absolute Gasteiger partial charge is 0.397 e. The van der Waals surface area contributed by atoms with E-state index in [1.54, 1.807) is 18.2 Å². The molecule has 0 radical (unpaired) electrons. The highest BCUT2D eigenvalue weighted by atomic mass is 35.5. The maximum absolute atomic E-state index is 12.3. The summed E-state index contributed by atoms with van der Waals surface area (Å²) in [5, 5.41) is 3.42. The molecule has 104 valence electrons. The van der Waals surface area contributed by atoms with Gasteiger partial charge in [0.05, 0.1) is 17.4 Å². The molecule has 1 aliphatic rings. The van der Waals surface area contributed by atoms with Gasteiger partial charge in [0, 0.05) is 11.1 Å². The Balaban J connectivity index is 2.06. The molecule has 19 heavy (non-hydrogen) atoms. The molecule has 1 aromatic rings. The SMILES string of the molecule is CC1CCCN1C(C)C(=O)Nc1cc(Cl)ccc1N. The minimum Gasteiger partial charge on any atom is -0.397 e. The van der Waals surface area contributed by atoms with Crippen molar-refractivity contribution in [3.8, 4) is 0 Å². The van der Waals surface area contributed by atoms with Crippen molar-refractivity contribution in [2.45, 2.75) is 38.8 Å². The Morgan fingerprint density at radius 1 is 1.58 bits per heavy atom. The molecule has 1 saturated heterocycles. The van der Waals surface area contributed by atoms with E-state index in [0.29, 0.717) is 22.4 Å². The first-order valence-corrected chi connectivity index (χ1v) is 6.98. The van der Waals surface area contributed by atoms with Crippen molar-refractivity contribution >= 4 is 28.9 Å². The number of nitrogens with one attached hydrogen (secondary N) is 1. The second kappa shape index (κ2) is 5.80. The van der Waals surface area contributed by atoms with Gasteiger partial charge in [-0.3, -0.25) is 9.69 Å². The Hall–Kier alpha value is -1.26. The van der Waals surface area contributed by atoms with E-state index in [0.717, 1.165) is 19.4 Å². The maximum atomic E-state index is 12.3. The monoisotopic (exact) mass is 281 g/mol. The van der Waals surface area contributed by atoms with Crippen LogP contribution in [-0.2, 0) is 4.79 Å². The third-order valence-electron chi connectivity index (χ3n) is 3.75. The number of likely N-dealkylation sites (tertiary alicyclic amines) is 1. The molecule has 4 nitrogen and oxygen atoms in total. The number of carbonyl (C=O) groups excluding carboxylic acids is 1. The van der Waals surface area contributed by atoms with Crippen LogP contribution in [0.25, 0.3) is 0 Å². The molecule has 5 heteroatoms. The number of anilines is 2. The zero-order chi connectivity index (χ0) is 14.0. The fourth-order valence-electron chi connectivity index (χ4n) is 2.56. The van der Waals surface area contributed by atoms with Crippen molar-refractivity contribution in [2.24, 2.45) is 0 Å². The molecule has 0 bridgehead atoms. The average molecular weight is 282 g/mol. The minimum atomic E-state index is -0.157. The van der Waals surface area contributed by atoms with Crippen molar-refractivity contribution in [3.63, 3.8) is 0 Å². The normalized spacial score (nSPS) is 21.3. The molecule has 3 N–H and O–H groups in total. The van der Waals surface area contributed by atoms with Gasteiger partial charge in [0.2, 0.25) is 5.91 Å². The number of carbonyl (C=O) groups is 1. The summed E-state index contributed by atoms with van der Waals surface area (Å²) in [4.78, 5) is 14.5. The minimum absolute atomic E-state index is 0.0392. The first kappa shape index (κ1) is 14.2. The second-order valence-corrected chi connectivity index (χ2v) is 5.56. The van der Waals surface area contributed by atoms with E-state index in [2.05, 4.69) is 17.1 Å². The van der Waals surface area contributed by atoms with Gasteiger partial charge >= 0.3 is 0 Å². The van der Waals surface area contributed by atoms with E-state index in [-0.39, 0.29) is 11.9 Å². The summed E-state index contributed by atoms with van der Waals surface area (Å²) < 4.78 is 0. The van der Waals surface area contributed by atoms with Crippen molar-refractivity contribution in [1.29, 1.82) is 0 Å². The Bertz CT molecular complexity index is 478. The fourth-order valence-corrected chi connectivity index (χ4v) is 2.73. The Morgan fingerprint density at radius 3 is 2.95 bits per heavy atom. The number of nitrogen functional groups attached to an aromatic ring is 1. The van der Waals surface area contributed by atoms with E-state index in [1.165, 1.54) is 0 Å². The summed E-state index contributed by atoms with van der Waals surface area (Å²) in [6, 6.07) is 5.38. The summed E-state index contributed by atoms with van der Waals surface area (Å²) in [7, 11) is 0. The standard InChI is InChI=1S/C14H20ClN3O/c1-9-4-3-7-18(9)10(2)14(19)17-13-8-11(15)5-6-12(13)16/h5-6,8-10H,3-4,7,16H2,1-2H3,(H,17,19). The zero-order valence-corrected chi connectivity index (χ0v) is 12.1. The third kappa shape index (κ3) is 3.19. The van der Waals surface area contributed by atoms with Crippen LogP contribution in [0.1, 0.15) is 26.7 Å². The number of nitrogens with two attached hydrogens (primary N) is 1. The molecule has 1 fully saturated rings. The van der Waals surface area contributed by atoms with E-state index >= 15 is 0 Å². The van der Waals surface area contributed by atoms with Crippen LogP contribution in [0.3, 0.4) is 0 Å². The van der Waals surface area contributed by atoms with Gasteiger partial charge in [0.1, 0.15) is 0 Å². The lowest BCUT2D eigenvalue weighted by molar-refractivity contribution is -0.121. The summed E-state index contributed by atoms with van der Waals surface area (Å²) in [6.07, 6.45) is 2.30. The first-order chi connectivity index (χ1) is 8.99. The molecule has 0 saturated carbocycles. The van der Waals surface area contributed by atoms with Crippen molar-refractivity contribution in [2.75, 3.05) is 17.6 Å². The van der Waals surface area contributed by atoms with Crippen molar-refractivity contribution in [3.05, 3.63) is 23.2 Å². The highest BCUT2D eigenvalue weighted by molar-refractivity contribution is 6.31. The van der Waals surface area contributed by atoms with Crippen LogP contribution in [0.4, 0.5) is 11.4 Å². The smallest absolute Gasteiger partial charge is 0.241 e. The average Bonchev–Trinajstić information content (AvgIpc) is 2.79. The van der Waals surface area contributed by atoms with Crippen LogP contribution in [0, 0.1) is 0 Å². The molecule has 2 unspecified atom stereocenters. The number of nitrogens with zero attached hydrogens (tertiary/aromatic N) is 1. The summed E-state index contributed by atoms with van der Waals surface area (Å²) in [5.41, 5.74) is 6.94. The summed E-state index contributed by atoms with van der Waals surface area (Å²) in [5.74, 6) is -0.0392.